The van der Waals surface area contributed by atoms with Gasteiger partial charge in [0.25, 0.3) is 0 Å². The molecular formula is C12H16O4. The number of carbonyl (C=O) groups is 1. The molecule has 0 radical (unpaired) electrons. The molecule has 0 spiro atoms. The summed E-state index contributed by atoms with van der Waals surface area (Å²) in [6, 6.07) is 5.09. The molecule has 1 aromatic rings. The fourth-order valence-corrected chi connectivity index (χ4v) is 1.42. The number of hydrogen-bond acceptors (Lipinski definition) is 4. The molecule has 0 fully saturated rings. The van der Waals surface area contributed by atoms with Crippen LogP contribution in [0.5, 0.6) is 11.5 Å². The molecule has 0 heterocycles. The van der Waals surface area contributed by atoms with E-state index in [0.29, 0.717) is 23.3 Å². The van der Waals surface area contributed by atoms with E-state index in [0.717, 1.165) is 0 Å². The van der Waals surface area contributed by atoms with Crippen LogP contribution in [0.2, 0.25) is 0 Å². The Labute approximate surface area is 94.8 Å². The number of carbonyl (C=O) groups excluding carboxylic acids is 1. The van der Waals surface area contributed by atoms with Crippen LogP contribution in [0.25, 0.3) is 0 Å². The minimum absolute atomic E-state index is 0.470. The Hall–Kier alpha value is -1.55. The molecular weight excluding hydrogens is 208 g/mol. The molecule has 0 saturated carbocycles. The van der Waals surface area contributed by atoms with E-state index in [1.165, 1.54) is 7.11 Å². The number of benzene rings is 1. The highest BCUT2D eigenvalue weighted by molar-refractivity contribution is 5.56. The third-order valence-corrected chi connectivity index (χ3v) is 2.47. The Bertz CT molecular complexity index is 362. The zero-order chi connectivity index (χ0) is 12.1. The maximum absolute atomic E-state index is 10.6. The Morgan fingerprint density at radius 3 is 2.50 bits per heavy atom. The molecule has 0 aromatic heterocycles. The number of rotatable bonds is 5. The molecule has 0 aliphatic rings. The first-order valence-corrected chi connectivity index (χ1v) is 4.99. The number of aliphatic hydroxyl groups is 1. The highest BCUT2D eigenvalue weighted by atomic mass is 16.5. The van der Waals surface area contributed by atoms with Crippen molar-refractivity contribution in [3.05, 3.63) is 23.8 Å². The predicted octanol–water partition coefficient (Wildman–Crippen LogP) is 1.57. The zero-order valence-corrected chi connectivity index (χ0v) is 9.64. The minimum Gasteiger partial charge on any atom is -0.497 e. The van der Waals surface area contributed by atoms with Gasteiger partial charge in [0.05, 0.1) is 20.3 Å². The van der Waals surface area contributed by atoms with Gasteiger partial charge in [-0.1, -0.05) is 6.92 Å². The zero-order valence-electron chi connectivity index (χ0n) is 9.64. The highest BCUT2D eigenvalue weighted by Crippen LogP contribution is 2.32. The summed E-state index contributed by atoms with van der Waals surface area (Å²) in [6.07, 6.45) is -0.146. The summed E-state index contributed by atoms with van der Waals surface area (Å²) in [5.74, 6) is 0.689. The van der Waals surface area contributed by atoms with E-state index in [9.17, 15) is 9.90 Å². The summed E-state index contributed by atoms with van der Waals surface area (Å²) in [5, 5.41) is 9.91. The average molecular weight is 224 g/mol. The minimum atomic E-state index is -0.863. The van der Waals surface area contributed by atoms with Crippen LogP contribution in [0.15, 0.2) is 18.2 Å². The number of methoxy groups -OCH3 is 2. The SMILES string of the molecule is COc1ccc([C@@H](O)[C@H](C)C=O)c(OC)c1. The Balaban J connectivity index is 3.07. The van der Waals surface area contributed by atoms with Gasteiger partial charge in [0, 0.05) is 17.5 Å². The topological polar surface area (TPSA) is 55.8 Å². The Morgan fingerprint density at radius 2 is 2.00 bits per heavy atom. The Morgan fingerprint density at radius 1 is 1.31 bits per heavy atom. The van der Waals surface area contributed by atoms with Crippen molar-refractivity contribution in [1.29, 1.82) is 0 Å². The summed E-state index contributed by atoms with van der Waals surface area (Å²) in [6.45, 7) is 1.65. The lowest BCUT2D eigenvalue weighted by Crippen LogP contribution is -2.11. The van der Waals surface area contributed by atoms with Gasteiger partial charge in [0.2, 0.25) is 0 Å². The number of hydrogen-bond donors (Lipinski definition) is 1. The van der Waals surface area contributed by atoms with Crippen molar-refractivity contribution in [2.75, 3.05) is 14.2 Å². The lowest BCUT2D eigenvalue weighted by molar-refractivity contribution is -0.113. The van der Waals surface area contributed by atoms with Gasteiger partial charge in [0.15, 0.2) is 0 Å². The summed E-state index contributed by atoms with van der Waals surface area (Å²) in [4.78, 5) is 10.6. The summed E-state index contributed by atoms with van der Waals surface area (Å²) in [7, 11) is 3.06. The van der Waals surface area contributed by atoms with Crippen LogP contribution in [0.3, 0.4) is 0 Å². The molecule has 1 rings (SSSR count). The molecule has 0 bridgehead atoms. The molecule has 4 nitrogen and oxygen atoms in total. The third kappa shape index (κ3) is 2.52. The van der Waals surface area contributed by atoms with Crippen LogP contribution in [0.4, 0.5) is 0 Å². The summed E-state index contributed by atoms with van der Waals surface area (Å²) < 4.78 is 10.2. The van der Waals surface area contributed by atoms with Gasteiger partial charge in [-0.05, 0) is 12.1 Å². The predicted molar refractivity (Wildman–Crippen MR) is 59.7 cm³/mol. The van der Waals surface area contributed by atoms with E-state index in [4.69, 9.17) is 9.47 Å². The van der Waals surface area contributed by atoms with Crippen LogP contribution >= 0.6 is 0 Å². The van der Waals surface area contributed by atoms with Crippen LogP contribution in [-0.4, -0.2) is 25.6 Å². The molecule has 88 valence electrons. The van der Waals surface area contributed by atoms with Gasteiger partial charge in [-0.3, -0.25) is 0 Å². The van der Waals surface area contributed by atoms with E-state index in [1.54, 1.807) is 32.2 Å². The first kappa shape index (κ1) is 12.5. The van der Waals surface area contributed by atoms with Gasteiger partial charge in [-0.25, -0.2) is 0 Å². The van der Waals surface area contributed by atoms with Crippen LogP contribution in [0, 0.1) is 5.92 Å². The van der Waals surface area contributed by atoms with Crippen molar-refractivity contribution in [3.8, 4) is 11.5 Å². The lowest BCUT2D eigenvalue weighted by atomic mass is 9.98. The van der Waals surface area contributed by atoms with Crippen molar-refractivity contribution >= 4 is 6.29 Å². The van der Waals surface area contributed by atoms with Crippen LogP contribution < -0.4 is 9.47 Å². The first-order chi connectivity index (χ1) is 7.63. The summed E-state index contributed by atoms with van der Waals surface area (Å²) >= 11 is 0. The van der Waals surface area contributed by atoms with Gasteiger partial charge in [-0.15, -0.1) is 0 Å². The quantitative estimate of drug-likeness (QED) is 0.771. The first-order valence-electron chi connectivity index (χ1n) is 4.99. The molecule has 16 heavy (non-hydrogen) atoms. The second-order valence-electron chi connectivity index (χ2n) is 3.55. The summed E-state index contributed by atoms with van der Waals surface area (Å²) in [5.41, 5.74) is 0.586. The van der Waals surface area contributed by atoms with Gasteiger partial charge < -0.3 is 19.4 Å². The largest absolute Gasteiger partial charge is 0.497 e. The number of aliphatic hydroxyl groups excluding tert-OH is 1. The van der Waals surface area contributed by atoms with Crippen LogP contribution in [0.1, 0.15) is 18.6 Å². The number of ether oxygens (including phenoxy) is 2. The highest BCUT2D eigenvalue weighted by Gasteiger charge is 2.19. The second-order valence-corrected chi connectivity index (χ2v) is 3.55. The number of aldehydes is 1. The molecule has 0 aliphatic heterocycles. The van der Waals surface area contributed by atoms with E-state index >= 15 is 0 Å². The van der Waals surface area contributed by atoms with Crippen molar-refractivity contribution < 1.29 is 19.4 Å². The maximum Gasteiger partial charge on any atom is 0.128 e. The van der Waals surface area contributed by atoms with E-state index in [1.807, 2.05) is 0 Å². The molecule has 2 atom stereocenters. The molecule has 0 aliphatic carbocycles. The fourth-order valence-electron chi connectivity index (χ4n) is 1.42. The lowest BCUT2D eigenvalue weighted by Gasteiger charge is -2.17. The van der Waals surface area contributed by atoms with Crippen LogP contribution in [-0.2, 0) is 4.79 Å². The second kappa shape index (κ2) is 5.51. The van der Waals surface area contributed by atoms with Crippen molar-refractivity contribution in [2.24, 2.45) is 5.92 Å². The smallest absolute Gasteiger partial charge is 0.128 e. The van der Waals surface area contributed by atoms with E-state index in [2.05, 4.69) is 0 Å². The standard InChI is InChI=1S/C12H16O4/c1-8(7-13)12(14)10-5-4-9(15-2)6-11(10)16-3/h4-8,12,14H,1-3H3/t8-,12+/m1/s1. The van der Waals surface area contributed by atoms with E-state index < -0.39 is 12.0 Å². The monoisotopic (exact) mass is 224 g/mol. The van der Waals surface area contributed by atoms with Crippen molar-refractivity contribution in [1.82, 2.24) is 0 Å². The average Bonchev–Trinajstić information content (AvgIpc) is 2.35. The van der Waals surface area contributed by atoms with E-state index in [-0.39, 0.29) is 0 Å². The van der Waals surface area contributed by atoms with Gasteiger partial charge >= 0.3 is 0 Å². The van der Waals surface area contributed by atoms with Crippen molar-refractivity contribution in [2.45, 2.75) is 13.0 Å². The Kier molecular flexibility index (Phi) is 4.31. The molecule has 0 unspecified atom stereocenters. The molecule has 4 heteroatoms. The van der Waals surface area contributed by atoms with Crippen molar-refractivity contribution in [3.63, 3.8) is 0 Å². The van der Waals surface area contributed by atoms with Gasteiger partial charge in [-0.2, -0.15) is 0 Å². The van der Waals surface area contributed by atoms with Gasteiger partial charge in [0.1, 0.15) is 17.8 Å². The normalized spacial score (nSPS) is 14.0. The fraction of sp³-hybridized carbons (Fsp3) is 0.417. The molecule has 0 saturated heterocycles. The third-order valence-electron chi connectivity index (χ3n) is 2.47. The molecule has 1 N–H and O–H groups in total. The molecule has 1 aromatic carbocycles. The maximum atomic E-state index is 10.6. The molecule has 0 amide bonds.